The molecule has 0 bridgehead atoms. The maximum Gasteiger partial charge on any atom is 0.328 e. The number of urea groups is 1. The molecule has 2 fully saturated rings. The maximum absolute atomic E-state index is 12.6. The topological polar surface area (TPSA) is 107 Å². The van der Waals surface area contributed by atoms with Crippen LogP contribution < -0.4 is 4.90 Å². The number of nitrogens with zero attached hydrogens (tertiary/aromatic N) is 5. The molecule has 3 rings (SSSR count). The van der Waals surface area contributed by atoms with Gasteiger partial charge in [0.25, 0.3) is 10.0 Å². The zero-order valence-corrected chi connectivity index (χ0v) is 15.1. The number of amides is 2. The highest BCUT2D eigenvalue weighted by Crippen LogP contribution is 2.31. The van der Waals surface area contributed by atoms with E-state index in [1.54, 1.807) is 0 Å². The number of hydrogen-bond donors (Lipinski definition) is 1. The number of aromatic nitrogens is 2. The van der Waals surface area contributed by atoms with Crippen LogP contribution >= 0.6 is 11.3 Å². The number of anilines is 1. The van der Waals surface area contributed by atoms with E-state index in [4.69, 9.17) is 0 Å². The molecule has 2 saturated heterocycles. The summed E-state index contributed by atoms with van der Waals surface area (Å²) in [6.45, 7) is 3.61. The molecule has 3 heterocycles. The molecule has 1 N–H and O–H groups in total. The van der Waals surface area contributed by atoms with E-state index in [2.05, 4.69) is 10.2 Å². The Kier molecular flexibility index (Phi) is 5.04. The van der Waals surface area contributed by atoms with Crippen LogP contribution in [0.2, 0.25) is 0 Å². The van der Waals surface area contributed by atoms with E-state index in [0.717, 1.165) is 41.9 Å². The van der Waals surface area contributed by atoms with Crippen molar-refractivity contribution < 1.29 is 18.3 Å². The molecule has 9 nitrogen and oxygen atoms in total. The number of piperidine rings is 1. The average Bonchev–Trinajstić information content (AvgIpc) is 3.15. The molecule has 1 aromatic rings. The third-order valence-corrected chi connectivity index (χ3v) is 7.30. The Hall–Kier alpha value is -1.30. The molecule has 1 aromatic heterocycles. The lowest BCUT2D eigenvalue weighted by atomic mass is 10.2. The molecule has 2 aliphatic heterocycles. The van der Waals surface area contributed by atoms with Gasteiger partial charge in [-0.3, -0.25) is 0 Å². The van der Waals surface area contributed by atoms with E-state index >= 15 is 0 Å². The summed E-state index contributed by atoms with van der Waals surface area (Å²) < 4.78 is 26.5. The van der Waals surface area contributed by atoms with Crippen LogP contribution in [0.4, 0.5) is 9.93 Å². The smallest absolute Gasteiger partial charge is 0.328 e. The van der Waals surface area contributed by atoms with Crippen molar-refractivity contribution in [2.24, 2.45) is 0 Å². The molecule has 0 spiro atoms. The van der Waals surface area contributed by atoms with Crippen LogP contribution in [0.1, 0.15) is 32.6 Å². The van der Waals surface area contributed by atoms with Gasteiger partial charge in [-0.1, -0.05) is 24.7 Å². The number of aliphatic hydroxyl groups is 1. The van der Waals surface area contributed by atoms with Crippen molar-refractivity contribution in [3.63, 3.8) is 0 Å². The molecule has 24 heavy (non-hydrogen) atoms. The van der Waals surface area contributed by atoms with Gasteiger partial charge in [0.2, 0.25) is 9.47 Å². The Bertz CT molecular complexity index is 701. The lowest BCUT2D eigenvalue weighted by Crippen LogP contribution is -2.35. The van der Waals surface area contributed by atoms with E-state index < -0.39 is 16.3 Å². The van der Waals surface area contributed by atoms with Crippen molar-refractivity contribution in [3.05, 3.63) is 0 Å². The number of β-amino-alcohol motifs (C(OH)–C–C–N with tert-alkyl or cyclic N) is 1. The Morgan fingerprint density at radius 2 is 1.96 bits per heavy atom. The summed E-state index contributed by atoms with van der Waals surface area (Å²) in [4.78, 5) is 15.0. The normalized spacial score (nSPS) is 23.2. The van der Waals surface area contributed by atoms with Crippen molar-refractivity contribution in [2.45, 2.75) is 43.2 Å². The average molecular weight is 375 g/mol. The minimum Gasteiger partial charge on any atom is -0.371 e. The highest BCUT2D eigenvalue weighted by atomic mass is 32.2. The van der Waals surface area contributed by atoms with Gasteiger partial charge >= 0.3 is 6.03 Å². The first-order valence-electron chi connectivity index (χ1n) is 8.05. The summed E-state index contributed by atoms with van der Waals surface area (Å²) in [6.07, 6.45) is 2.43. The first-order valence-corrected chi connectivity index (χ1v) is 10.3. The van der Waals surface area contributed by atoms with E-state index in [0.29, 0.717) is 19.6 Å². The first-order chi connectivity index (χ1) is 11.4. The second kappa shape index (κ2) is 6.90. The van der Waals surface area contributed by atoms with Gasteiger partial charge in [0.05, 0.1) is 6.54 Å². The molecule has 0 aliphatic carbocycles. The van der Waals surface area contributed by atoms with Crippen LogP contribution in [0.15, 0.2) is 4.34 Å². The SMILES string of the molecule is CCCN1CC(O)N(c2nnc(S(=O)(=O)N3CCCCC3)s2)C1=O. The molecule has 1 unspecified atom stereocenters. The monoisotopic (exact) mass is 375 g/mol. The predicted molar refractivity (Wildman–Crippen MR) is 88.3 cm³/mol. The fourth-order valence-corrected chi connectivity index (χ4v) is 5.61. The summed E-state index contributed by atoms with van der Waals surface area (Å²) in [5.41, 5.74) is 0. The van der Waals surface area contributed by atoms with Gasteiger partial charge in [-0.05, 0) is 19.3 Å². The standard InChI is InChI=1S/C13H21N5O4S2/c1-2-6-16-9-10(19)18(13(16)20)11-14-15-12(23-11)24(21,22)17-7-4-3-5-8-17/h10,19H,2-9H2,1H3. The van der Waals surface area contributed by atoms with Gasteiger partial charge in [0.1, 0.15) is 0 Å². The number of aliphatic hydroxyl groups excluding tert-OH is 1. The van der Waals surface area contributed by atoms with Gasteiger partial charge in [-0.2, -0.15) is 4.31 Å². The molecule has 2 amide bonds. The molecule has 0 saturated carbocycles. The summed E-state index contributed by atoms with van der Waals surface area (Å²) in [5, 5.41) is 17.8. The van der Waals surface area contributed by atoms with Crippen LogP contribution in [-0.2, 0) is 10.0 Å². The molecular weight excluding hydrogens is 354 g/mol. The third kappa shape index (κ3) is 3.13. The minimum atomic E-state index is -3.68. The van der Waals surface area contributed by atoms with Crippen LogP contribution in [-0.4, -0.2) is 71.4 Å². The van der Waals surface area contributed by atoms with E-state index in [-0.39, 0.29) is 22.0 Å². The molecule has 134 valence electrons. The van der Waals surface area contributed by atoms with Gasteiger partial charge in [0.15, 0.2) is 6.23 Å². The zero-order chi connectivity index (χ0) is 17.3. The second-order valence-corrected chi connectivity index (χ2v) is 8.96. The lowest BCUT2D eigenvalue weighted by Gasteiger charge is -2.24. The van der Waals surface area contributed by atoms with E-state index in [1.807, 2.05) is 6.92 Å². The van der Waals surface area contributed by atoms with Gasteiger partial charge < -0.3 is 10.0 Å². The third-order valence-electron chi connectivity index (χ3n) is 4.13. The fraction of sp³-hybridized carbons (Fsp3) is 0.769. The van der Waals surface area contributed by atoms with Crippen molar-refractivity contribution in [1.82, 2.24) is 19.4 Å². The van der Waals surface area contributed by atoms with Gasteiger partial charge in [0, 0.05) is 19.6 Å². The molecule has 1 atom stereocenters. The van der Waals surface area contributed by atoms with Crippen LogP contribution in [0, 0.1) is 0 Å². The minimum absolute atomic E-state index is 0.113. The van der Waals surface area contributed by atoms with Crippen molar-refractivity contribution in [3.8, 4) is 0 Å². The summed E-state index contributed by atoms with van der Waals surface area (Å²) >= 11 is 0.825. The highest BCUT2D eigenvalue weighted by Gasteiger charge is 2.40. The highest BCUT2D eigenvalue weighted by molar-refractivity contribution is 7.91. The molecule has 0 radical (unpaired) electrons. The number of rotatable bonds is 5. The maximum atomic E-state index is 12.6. The molecule has 11 heteroatoms. The summed E-state index contributed by atoms with van der Waals surface area (Å²) in [6, 6.07) is -0.373. The van der Waals surface area contributed by atoms with Gasteiger partial charge in [-0.15, -0.1) is 10.2 Å². The lowest BCUT2D eigenvalue weighted by molar-refractivity contribution is 0.177. The molecule has 0 aromatic carbocycles. The van der Waals surface area contributed by atoms with Crippen LogP contribution in [0.25, 0.3) is 0 Å². The fourth-order valence-electron chi connectivity index (χ4n) is 2.92. The number of sulfonamides is 1. The van der Waals surface area contributed by atoms with E-state index in [1.165, 1.54) is 9.21 Å². The number of hydrogen-bond acceptors (Lipinski definition) is 7. The molecular formula is C13H21N5O4S2. The van der Waals surface area contributed by atoms with Crippen LogP contribution in [0.5, 0.6) is 0 Å². The summed E-state index contributed by atoms with van der Waals surface area (Å²) in [5.74, 6) is 0. The Labute approximate surface area is 144 Å². The number of carbonyl (C=O) groups excluding carboxylic acids is 1. The Morgan fingerprint density at radius 1 is 1.25 bits per heavy atom. The Balaban J connectivity index is 1.81. The largest absolute Gasteiger partial charge is 0.371 e. The van der Waals surface area contributed by atoms with E-state index in [9.17, 15) is 18.3 Å². The first kappa shape index (κ1) is 17.5. The quantitative estimate of drug-likeness (QED) is 0.759. The van der Waals surface area contributed by atoms with Gasteiger partial charge in [-0.25, -0.2) is 18.1 Å². The van der Waals surface area contributed by atoms with Crippen molar-refractivity contribution >= 4 is 32.5 Å². The molecule has 2 aliphatic rings. The summed E-state index contributed by atoms with van der Waals surface area (Å²) in [7, 11) is -3.68. The number of carbonyl (C=O) groups is 1. The Morgan fingerprint density at radius 3 is 2.62 bits per heavy atom. The zero-order valence-electron chi connectivity index (χ0n) is 13.5. The van der Waals surface area contributed by atoms with Crippen molar-refractivity contribution in [2.75, 3.05) is 31.1 Å². The van der Waals surface area contributed by atoms with Crippen molar-refractivity contribution in [1.29, 1.82) is 0 Å². The van der Waals surface area contributed by atoms with Crippen LogP contribution in [0.3, 0.4) is 0 Å². The predicted octanol–water partition coefficient (Wildman–Crippen LogP) is 0.683. The second-order valence-electron chi connectivity index (χ2n) is 5.89.